The molecule has 2 heteroatoms. The Labute approximate surface area is 85.5 Å². The van der Waals surface area contributed by atoms with Crippen LogP contribution < -0.4 is 0 Å². The zero-order valence-electron chi connectivity index (χ0n) is 8.63. The summed E-state index contributed by atoms with van der Waals surface area (Å²) in [5.41, 5.74) is 0.0254. The highest BCUT2D eigenvalue weighted by Crippen LogP contribution is 2.61. The van der Waals surface area contributed by atoms with E-state index in [-0.39, 0.29) is 16.9 Å². The normalized spacial score (nSPS) is 54.9. The summed E-state index contributed by atoms with van der Waals surface area (Å²) in [6, 6.07) is 0. The smallest absolute Gasteiger partial charge is 0.0653 e. The highest BCUT2D eigenvalue weighted by atomic mass is 35.5. The van der Waals surface area contributed by atoms with E-state index in [2.05, 4.69) is 20.8 Å². The Morgan fingerprint density at radius 3 is 2.46 bits per heavy atom. The Morgan fingerprint density at radius 2 is 2.08 bits per heavy atom. The molecule has 2 bridgehead atoms. The standard InChI is InChI=1S/C11H19ClO/c1-6(2)7-4-5-11(3)9(12)8(7)10(11)13/h6-10,13H,4-5H2,1-3H3. The Balaban J connectivity index is 2.16. The van der Waals surface area contributed by atoms with Crippen LogP contribution in [0.5, 0.6) is 0 Å². The molecule has 5 unspecified atom stereocenters. The Hall–Kier alpha value is 0.250. The second-order valence-electron chi connectivity index (χ2n) is 5.38. The largest absolute Gasteiger partial charge is 0.392 e. The number of halogens is 1. The van der Waals surface area contributed by atoms with Crippen molar-refractivity contribution in [1.29, 1.82) is 0 Å². The van der Waals surface area contributed by atoms with Gasteiger partial charge in [0, 0.05) is 16.7 Å². The Bertz CT molecular complexity index is 204. The fourth-order valence-electron chi connectivity index (χ4n) is 3.27. The van der Waals surface area contributed by atoms with Crippen LogP contribution in [0.15, 0.2) is 0 Å². The molecule has 0 amide bonds. The minimum atomic E-state index is -0.142. The van der Waals surface area contributed by atoms with Crippen molar-refractivity contribution >= 4 is 11.6 Å². The van der Waals surface area contributed by atoms with E-state index < -0.39 is 0 Å². The molecule has 0 heterocycles. The molecule has 0 aliphatic heterocycles. The van der Waals surface area contributed by atoms with Crippen LogP contribution in [0.1, 0.15) is 33.6 Å². The van der Waals surface area contributed by atoms with Gasteiger partial charge in [0.1, 0.15) is 0 Å². The van der Waals surface area contributed by atoms with Gasteiger partial charge in [-0.05, 0) is 24.7 Å². The lowest BCUT2D eigenvalue weighted by Gasteiger charge is -2.63. The van der Waals surface area contributed by atoms with Gasteiger partial charge in [-0.15, -0.1) is 11.6 Å². The lowest BCUT2D eigenvalue weighted by Crippen LogP contribution is -2.66. The summed E-state index contributed by atoms with van der Waals surface area (Å²) < 4.78 is 0. The van der Waals surface area contributed by atoms with Gasteiger partial charge in [-0.25, -0.2) is 0 Å². The van der Waals surface area contributed by atoms with Crippen molar-refractivity contribution in [2.75, 3.05) is 0 Å². The van der Waals surface area contributed by atoms with Gasteiger partial charge in [0.05, 0.1) is 6.10 Å². The van der Waals surface area contributed by atoms with E-state index in [0.29, 0.717) is 17.8 Å². The zero-order valence-corrected chi connectivity index (χ0v) is 9.38. The van der Waals surface area contributed by atoms with Crippen LogP contribution in [-0.4, -0.2) is 16.6 Å². The van der Waals surface area contributed by atoms with Gasteiger partial charge >= 0.3 is 0 Å². The first-order chi connectivity index (χ1) is 5.98. The van der Waals surface area contributed by atoms with Crippen molar-refractivity contribution in [2.24, 2.45) is 23.2 Å². The fraction of sp³-hybridized carbons (Fsp3) is 1.00. The maximum atomic E-state index is 9.99. The van der Waals surface area contributed by atoms with Crippen LogP contribution in [0.3, 0.4) is 0 Å². The highest BCUT2D eigenvalue weighted by molar-refractivity contribution is 6.22. The van der Waals surface area contributed by atoms with Crippen molar-refractivity contribution in [2.45, 2.75) is 45.1 Å². The maximum absolute atomic E-state index is 9.99. The molecule has 0 aromatic heterocycles. The van der Waals surface area contributed by atoms with Gasteiger partial charge in [-0.1, -0.05) is 20.8 Å². The van der Waals surface area contributed by atoms with E-state index in [1.54, 1.807) is 0 Å². The summed E-state index contributed by atoms with van der Waals surface area (Å²) in [5, 5.41) is 10.2. The molecule has 1 nitrogen and oxygen atoms in total. The summed E-state index contributed by atoms with van der Waals surface area (Å²) in [7, 11) is 0. The van der Waals surface area contributed by atoms with Crippen LogP contribution in [0.2, 0.25) is 0 Å². The van der Waals surface area contributed by atoms with Crippen LogP contribution in [0, 0.1) is 23.2 Å². The minimum Gasteiger partial charge on any atom is -0.392 e. The number of rotatable bonds is 1. The van der Waals surface area contributed by atoms with E-state index in [1.165, 1.54) is 6.42 Å². The van der Waals surface area contributed by atoms with Gasteiger partial charge < -0.3 is 5.11 Å². The first-order valence-corrected chi connectivity index (χ1v) is 5.74. The number of fused-ring (bicyclic) bond motifs is 2. The van der Waals surface area contributed by atoms with Gasteiger partial charge in [-0.2, -0.15) is 0 Å². The predicted molar refractivity (Wildman–Crippen MR) is 54.8 cm³/mol. The van der Waals surface area contributed by atoms with E-state index in [0.717, 1.165) is 6.42 Å². The average Bonchev–Trinajstić information content (AvgIpc) is 2.09. The molecule has 3 aliphatic rings. The third-order valence-electron chi connectivity index (χ3n) is 4.38. The molecule has 13 heavy (non-hydrogen) atoms. The molecular formula is C11H19ClO. The van der Waals surface area contributed by atoms with E-state index in [9.17, 15) is 5.11 Å². The van der Waals surface area contributed by atoms with Gasteiger partial charge in [0.25, 0.3) is 0 Å². The first-order valence-electron chi connectivity index (χ1n) is 5.30. The van der Waals surface area contributed by atoms with Crippen LogP contribution >= 0.6 is 11.6 Å². The molecule has 76 valence electrons. The number of aliphatic hydroxyl groups is 1. The topological polar surface area (TPSA) is 20.2 Å². The lowest BCUT2D eigenvalue weighted by molar-refractivity contribution is -0.172. The monoisotopic (exact) mass is 202 g/mol. The van der Waals surface area contributed by atoms with Crippen LogP contribution in [0.25, 0.3) is 0 Å². The Morgan fingerprint density at radius 1 is 1.46 bits per heavy atom. The second-order valence-corrected chi connectivity index (χ2v) is 5.85. The van der Waals surface area contributed by atoms with Gasteiger partial charge in [-0.3, -0.25) is 0 Å². The van der Waals surface area contributed by atoms with E-state index in [1.807, 2.05) is 0 Å². The van der Waals surface area contributed by atoms with Crippen molar-refractivity contribution in [1.82, 2.24) is 0 Å². The molecule has 0 spiro atoms. The molecule has 3 aliphatic carbocycles. The minimum absolute atomic E-state index is 0.0254. The first kappa shape index (κ1) is 9.79. The summed E-state index contributed by atoms with van der Waals surface area (Å²) in [5.74, 6) is 1.66. The van der Waals surface area contributed by atoms with Crippen LogP contribution in [-0.2, 0) is 0 Å². The molecular weight excluding hydrogens is 184 g/mol. The van der Waals surface area contributed by atoms with Gasteiger partial charge in [0.2, 0.25) is 0 Å². The molecule has 0 aromatic carbocycles. The number of aliphatic hydroxyl groups excluding tert-OH is 1. The number of alkyl halides is 1. The maximum Gasteiger partial charge on any atom is 0.0653 e. The third kappa shape index (κ3) is 1.10. The van der Waals surface area contributed by atoms with Crippen molar-refractivity contribution in [3.8, 4) is 0 Å². The molecule has 0 saturated heterocycles. The summed E-state index contributed by atoms with van der Waals surface area (Å²) in [6.45, 7) is 6.60. The average molecular weight is 203 g/mol. The lowest BCUT2D eigenvalue weighted by atomic mass is 9.47. The molecule has 0 radical (unpaired) electrons. The van der Waals surface area contributed by atoms with E-state index in [4.69, 9.17) is 11.6 Å². The SMILES string of the molecule is CC(C)C1CCC2(C)C(O)C1C2Cl. The molecule has 3 rings (SSSR count). The Kier molecular flexibility index (Phi) is 2.16. The van der Waals surface area contributed by atoms with Gasteiger partial charge in [0.15, 0.2) is 0 Å². The van der Waals surface area contributed by atoms with Crippen LogP contribution in [0.4, 0.5) is 0 Å². The predicted octanol–water partition coefficient (Wildman–Crippen LogP) is 2.66. The molecule has 3 fully saturated rings. The van der Waals surface area contributed by atoms with Crippen molar-refractivity contribution in [3.63, 3.8) is 0 Å². The quantitative estimate of drug-likeness (QED) is 0.649. The van der Waals surface area contributed by atoms with E-state index >= 15 is 0 Å². The van der Waals surface area contributed by atoms with Crippen molar-refractivity contribution < 1.29 is 5.11 Å². The molecule has 5 atom stereocenters. The molecule has 1 N–H and O–H groups in total. The second kappa shape index (κ2) is 2.87. The molecule has 3 saturated carbocycles. The third-order valence-corrected chi connectivity index (χ3v) is 5.16. The number of hydrogen-bond donors (Lipinski definition) is 1. The highest BCUT2D eigenvalue weighted by Gasteiger charge is 2.63. The zero-order chi connectivity index (χ0) is 9.80. The number of hydrogen-bond acceptors (Lipinski definition) is 1. The fourth-order valence-corrected chi connectivity index (χ4v) is 3.83. The summed E-state index contributed by atoms with van der Waals surface area (Å²) in [6.07, 6.45) is 2.21. The molecule has 0 aromatic rings. The summed E-state index contributed by atoms with van der Waals surface area (Å²) >= 11 is 6.33. The summed E-state index contributed by atoms with van der Waals surface area (Å²) in [4.78, 5) is 0. The van der Waals surface area contributed by atoms with Crippen molar-refractivity contribution in [3.05, 3.63) is 0 Å².